The van der Waals surface area contributed by atoms with E-state index in [1.807, 2.05) is 0 Å². The number of rotatable bonds is 5. The minimum absolute atomic E-state index is 0.0545. The van der Waals surface area contributed by atoms with Crippen LogP contribution < -0.4 is 5.32 Å². The van der Waals surface area contributed by atoms with Gasteiger partial charge in [-0.15, -0.1) is 5.10 Å². The van der Waals surface area contributed by atoms with Crippen LogP contribution in [0.1, 0.15) is 17.3 Å². The van der Waals surface area contributed by atoms with Crippen LogP contribution in [0, 0.1) is 0 Å². The first-order valence-corrected chi connectivity index (χ1v) is 9.95. The summed E-state index contributed by atoms with van der Waals surface area (Å²) in [6.07, 6.45) is 0.628. The Labute approximate surface area is 161 Å². The fraction of sp³-hybridized carbons (Fsp3) is 0.375. The number of sulfonamides is 1. The highest BCUT2D eigenvalue weighted by Gasteiger charge is 2.30. The Morgan fingerprint density at radius 1 is 1.18 bits per heavy atom. The minimum Gasteiger partial charge on any atom is -0.450 e. The van der Waals surface area contributed by atoms with E-state index >= 15 is 0 Å². The summed E-state index contributed by atoms with van der Waals surface area (Å²) >= 11 is 0. The lowest BCUT2D eigenvalue weighted by Gasteiger charge is -2.33. The molecule has 12 heteroatoms. The van der Waals surface area contributed by atoms with Crippen LogP contribution in [0.4, 0.5) is 10.8 Å². The summed E-state index contributed by atoms with van der Waals surface area (Å²) in [6, 6.07) is 5.45. The lowest BCUT2D eigenvalue weighted by atomic mass is 10.2. The standard InChI is InChI=1S/C16H19N5O6S/c1-2-26-16(23)20-7-9-21(10-8-20)28(24,25)13-5-3-12(4-6-13)14(22)18-15-19-17-11-27-15/h3-6,11H,2,7-10H2,1H3,(H,18,19,22). The summed E-state index contributed by atoms with van der Waals surface area (Å²) in [5, 5.41) is 9.38. The number of amides is 2. The second-order valence-electron chi connectivity index (χ2n) is 5.81. The van der Waals surface area contributed by atoms with Crippen LogP contribution in [0.25, 0.3) is 0 Å². The second kappa shape index (κ2) is 8.35. The first-order valence-electron chi connectivity index (χ1n) is 8.51. The molecule has 0 bridgehead atoms. The Kier molecular flexibility index (Phi) is 5.90. The smallest absolute Gasteiger partial charge is 0.409 e. The van der Waals surface area contributed by atoms with Gasteiger partial charge in [-0.2, -0.15) is 4.31 Å². The highest BCUT2D eigenvalue weighted by molar-refractivity contribution is 7.89. The maximum absolute atomic E-state index is 12.8. The monoisotopic (exact) mass is 409 g/mol. The topological polar surface area (TPSA) is 135 Å². The summed E-state index contributed by atoms with van der Waals surface area (Å²) < 4.78 is 36.6. The van der Waals surface area contributed by atoms with Gasteiger partial charge in [0.25, 0.3) is 5.91 Å². The molecule has 0 aliphatic carbocycles. The van der Waals surface area contributed by atoms with Crippen molar-refractivity contribution in [2.45, 2.75) is 11.8 Å². The average molecular weight is 409 g/mol. The molecule has 1 aliphatic heterocycles. The highest BCUT2D eigenvalue weighted by atomic mass is 32.2. The van der Waals surface area contributed by atoms with E-state index < -0.39 is 22.0 Å². The average Bonchev–Trinajstić information content (AvgIpc) is 3.21. The van der Waals surface area contributed by atoms with E-state index in [1.165, 1.54) is 33.5 Å². The molecule has 0 spiro atoms. The number of ether oxygens (including phenoxy) is 1. The van der Waals surface area contributed by atoms with Crippen molar-refractivity contribution in [2.24, 2.45) is 0 Å². The maximum Gasteiger partial charge on any atom is 0.409 e. The van der Waals surface area contributed by atoms with Crippen LogP contribution in [0.3, 0.4) is 0 Å². The maximum atomic E-state index is 12.8. The van der Waals surface area contributed by atoms with Gasteiger partial charge in [-0.25, -0.2) is 13.2 Å². The summed E-state index contributed by atoms with van der Waals surface area (Å²) in [4.78, 5) is 25.3. The number of nitrogens with one attached hydrogen (secondary N) is 1. The Morgan fingerprint density at radius 2 is 1.86 bits per heavy atom. The van der Waals surface area contributed by atoms with Crippen molar-refractivity contribution >= 4 is 28.0 Å². The van der Waals surface area contributed by atoms with Crippen molar-refractivity contribution in [1.82, 2.24) is 19.4 Å². The predicted octanol–water partition coefficient (Wildman–Crippen LogP) is 0.785. The number of anilines is 1. The van der Waals surface area contributed by atoms with E-state index in [2.05, 4.69) is 15.5 Å². The number of nitrogens with zero attached hydrogens (tertiary/aromatic N) is 4. The minimum atomic E-state index is -3.73. The third kappa shape index (κ3) is 4.28. The van der Waals surface area contributed by atoms with Gasteiger partial charge in [-0.1, -0.05) is 5.10 Å². The van der Waals surface area contributed by atoms with Crippen molar-refractivity contribution in [3.8, 4) is 0 Å². The molecule has 0 radical (unpaired) electrons. The number of piperazine rings is 1. The number of carbonyl (C=O) groups excluding carboxylic acids is 2. The molecule has 1 saturated heterocycles. The van der Waals surface area contributed by atoms with Crippen LogP contribution in [0.15, 0.2) is 40.0 Å². The first kappa shape index (κ1) is 19.8. The molecular weight excluding hydrogens is 390 g/mol. The van der Waals surface area contributed by atoms with Crippen molar-refractivity contribution in [1.29, 1.82) is 0 Å². The number of aromatic nitrogens is 2. The van der Waals surface area contributed by atoms with Gasteiger partial charge in [0, 0.05) is 31.7 Å². The zero-order valence-electron chi connectivity index (χ0n) is 15.1. The van der Waals surface area contributed by atoms with Gasteiger partial charge in [0.1, 0.15) is 0 Å². The number of benzene rings is 1. The normalized spacial score (nSPS) is 15.2. The molecule has 3 rings (SSSR count). The molecular formula is C16H19N5O6S. The molecule has 1 aromatic heterocycles. The summed E-state index contributed by atoms with van der Waals surface area (Å²) in [7, 11) is -3.73. The second-order valence-corrected chi connectivity index (χ2v) is 7.75. The van der Waals surface area contributed by atoms with E-state index in [0.29, 0.717) is 0 Å². The van der Waals surface area contributed by atoms with Crippen LogP contribution in [-0.4, -0.2) is 72.6 Å². The van der Waals surface area contributed by atoms with Crippen molar-refractivity contribution in [2.75, 3.05) is 38.1 Å². The molecule has 1 N–H and O–H groups in total. The van der Waals surface area contributed by atoms with E-state index in [0.717, 1.165) is 6.39 Å². The molecule has 2 aromatic rings. The molecule has 0 unspecified atom stereocenters. The molecule has 11 nitrogen and oxygen atoms in total. The Hall–Kier alpha value is -2.99. The number of hydrogen-bond acceptors (Lipinski definition) is 8. The van der Waals surface area contributed by atoms with Gasteiger partial charge >= 0.3 is 12.1 Å². The molecule has 1 fully saturated rings. The molecule has 28 heavy (non-hydrogen) atoms. The van der Waals surface area contributed by atoms with E-state index in [4.69, 9.17) is 9.15 Å². The Morgan fingerprint density at radius 3 is 2.43 bits per heavy atom. The van der Waals surface area contributed by atoms with E-state index in [-0.39, 0.29) is 49.3 Å². The predicted molar refractivity (Wildman–Crippen MR) is 96.0 cm³/mol. The van der Waals surface area contributed by atoms with Gasteiger partial charge in [-0.3, -0.25) is 10.1 Å². The SMILES string of the molecule is CCOC(=O)N1CCN(S(=O)(=O)c2ccc(C(=O)Nc3nnco3)cc2)CC1. The molecule has 1 aliphatic rings. The zero-order chi connectivity index (χ0) is 20.1. The summed E-state index contributed by atoms with van der Waals surface area (Å²) in [6.45, 7) is 2.82. The summed E-state index contributed by atoms with van der Waals surface area (Å²) in [5.41, 5.74) is 0.240. The highest BCUT2D eigenvalue weighted by Crippen LogP contribution is 2.19. The fourth-order valence-corrected chi connectivity index (χ4v) is 4.07. The van der Waals surface area contributed by atoms with E-state index in [1.54, 1.807) is 6.92 Å². The third-order valence-electron chi connectivity index (χ3n) is 4.10. The molecule has 150 valence electrons. The quantitative estimate of drug-likeness (QED) is 0.766. The van der Waals surface area contributed by atoms with Crippen molar-refractivity contribution < 1.29 is 27.2 Å². The lowest BCUT2D eigenvalue weighted by molar-refractivity contribution is 0.0933. The van der Waals surface area contributed by atoms with Crippen LogP contribution >= 0.6 is 0 Å². The molecule has 1 aromatic carbocycles. The first-order chi connectivity index (χ1) is 13.4. The molecule has 2 heterocycles. The zero-order valence-corrected chi connectivity index (χ0v) is 15.9. The number of carbonyl (C=O) groups is 2. The number of hydrogen-bond donors (Lipinski definition) is 1. The van der Waals surface area contributed by atoms with Crippen molar-refractivity contribution in [3.05, 3.63) is 36.2 Å². The third-order valence-corrected chi connectivity index (χ3v) is 6.01. The van der Waals surface area contributed by atoms with Gasteiger partial charge in [0.2, 0.25) is 16.4 Å². The van der Waals surface area contributed by atoms with Gasteiger partial charge in [0.15, 0.2) is 0 Å². The van der Waals surface area contributed by atoms with Gasteiger partial charge in [0.05, 0.1) is 11.5 Å². The van der Waals surface area contributed by atoms with Crippen LogP contribution in [-0.2, 0) is 14.8 Å². The van der Waals surface area contributed by atoms with Crippen LogP contribution in [0.2, 0.25) is 0 Å². The van der Waals surface area contributed by atoms with E-state index in [9.17, 15) is 18.0 Å². The van der Waals surface area contributed by atoms with Gasteiger partial charge < -0.3 is 14.1 Å². The molecule has 0 saturated carbocycles. The summed E-state index contributed by atoms with van der Waals surface area (Å²) in [5.74, 6) is -0.503. The largest absolute Gasteiger partial charge is 0.450 e. The molecule has 2 amide bonds. The van der Waals surface area contributed by atoms with Gasteiger partial charge in [-0.05, 0) is 31.2 Å². The Bertz CT molecular complexity index is 921. The van der Waals surface area contributed by atoms with Crippen LogP contribution in [0.5, 0.6) is 0 Å². The lowest BCUT2D eigenvalue weighted by Crippen LogP contribution is -2.50. The van der Waals surface area contributed by atoms with Crippen molar-refractivity contribution in [3.63, 3.8) is 0 Å². The fourth-order valence-electron chi connectivity index (χ4n) is 2.65. The Balaban J connectivity index is 1.64. The molecule has 0 atom stereocenters.